The van der Waals surface area contributed by atoms with Crippen LogP contribution in [0.3, 0.4) is 0 Å². The average Bonchev–Trinajstić information content (AvgIpc) is 3.06. The van der Waals surface area contributed by atoms with Crippen LogP contribution in [-0.4, -0.2) is 35.2 Å². The van der Waals surface area contributed by atoms with E-state index < -0.39 is 30.3 Å². The number of hydrogen-bond acceptors (Lipinski definition) is 6. The molecule has 0 spiro atoms. The van der Waals surface area contributed by atoms with Crippen LogP contribution in [0.15, 0.2) is 78.9 Å². The Bertz CT molecular complexity index is 1170. The summed E-state index contributed by atoms with van der Waals surface area (Å²) < 4.78 is 10.4. The lowest BCUT2D eigenvalue weighted by Gasteiger charge is -2.13. The van der Waals surface area contributed by atoms with Crippen LogP contribution in [-0.2, 0) is 27.5 Å². The van der Waals surface area contributed by atoms with Gasteiger partial charge < -0.3 is 9.47 Å². The maximum absolute atomic E-state index is 12.7. The number of carbonyl (C=O) groups excluding carboxylic acids is 4. The van der Waals surface area contributed by atoms with Gasteiger partial charge in [-0.1, -0.05) is 60.7 Å². The van der Waals surface area contributed by atoms with Gasteiger partial charge in [0.2, 0.25) is 0 Å². The molecule has 3 aromatic rings. The molecule has 7 nitrogen and oxygen atoms in total. The Morgan fingerprint density at radius 2 is 1.25 bits per heavy atom. The van der Waals surface area contributed by atoms with Crippen LogP contribution in [0, 0.1) is 0 Å². The number of ether oxygens (including phenoxy) is 2. The van der Waals surface area contributed by atoms with E-state index in [1.807, 2.05) is 48.5 Å². The van der Waals surface area contributed by atoms with Crippen molar-refractivity contribution in [2.75, 3.05) is 6.54 Å². The third-order valence-corrected chi connectivity index (χ3v) is 4.95. The number of esters is 2. The van der Waals surface area contributed by atoms with Crippen LogP contribution in [0.1, 0.15) is 42.2 Å². The Morgan fingerprint density at radius 3 is 1.88 bits per heavy atom. The van der Waals surface area contributed by atoms with Crippen molar-refractivity contribution in [2.24, 2.45) is 0 Å². The second-order valence-electron chi connectivity index (χ2n) is 7.16. The molecule has 4 rings (SSSR count). The van der Waals surface area contributed by atoms with Crippen LogP contribution < -0.4 is 0 Å². The fourth-order valence-electron chi connectivity index (χ4n) is 3.28. The molecule has 0 atom stereocenters. The van der Waals surface area contributed by atoms with Crippen molar-refractivity contribution in [2.45, 2.75) is 13.2 Å². The third kappa shape index (κ3) is 4.57. The first-order chi connectivity index (χ1) is 15.5. The molecule has 0 aliphatic carbocycles. The number of nitrogens with zero attached hydrogens (tertiary/aromatic N) is 1. The van der Waals surface area contributed by atoms with E-state index in [4.69, 9.17) is 9.47 Å². The minimum atomic E-state index is -0.703. The normalized spacial score (nSPS) is 12.4. The van der Waals surface area contributed by atoms with E-state index in [-0.39, 0.29) is 29.9 Å². The van der Waals surface area contributed by atoms with Crippen molar-refractivity contribution in [3.63, 3.8) is 0 Å². The lowest BCUT2D eigenvalue weighted by Crippen LogP contribution is -2.35. The molecule has 0 N–H and O–H groups in total. The van der Waals surface area contributed by atoms with Crippen LogP contribution in [0.25, 0.3) is 0 Å². The quantitative estimate of drug-likeness (QED) is 0.423. The summed E-state index contributed by atoms with van der Waals surface area (Å²) >= 11 is 0. The molecule has 32 heavy (non-hydrogen) atoms. The average molecular weight is 429 g/mol. The monoisotopic (exact) mass is 429 g/mol. The summed E-state index contributed by atoms with van der Waals surface area (Å²) in [7, 11) is 0. The van der Waals surface area contributed by atoms with Gasteiger partial charge in [0.15, 0.2) is 0 Å². The molecule has 1 aliphatic rings. The molecular formula is C25H19NO6. The smallest absolute Gasteiger partial charge is 0.338 e. The van der Waals surface area contributed by atoms with Gasteiger partial charge >= 0.3 is 11.9 Å². The van der Waals surface area contributed by atoms with Gasteiger partial charge in [0, 0.05) is 0 Å². The zero-order valence-electron chi connectivity index (χ0n) is 17.0. The molecule has 2 amide bonds. The molecule has 0 aromatic heterocycles. The molecule has 160 valence electrons. The van der Waals surface area contributed by atoms with Gasteiger partial charge in [-0.2, -0.15) is 0 Å². The minimum Gasteiger partial charge on any atom is -0.459 e. The Kier molecular flexibility index (Phi) is 6.07. The Balaban J connectivity index is 1.39. The summed E-state index contributed by atoms with van der Waals surface area (Å²) in [6, 6.07) is 22.4. The standard InChI is InChI=1S/C25H19NO6/c27-22(31-15-17-7-3-1-4-8-17)14-26-23(28)20-12-11-19(13-21(20)24(26)29)25(30)32-16-18-9-5-2-6-10-18/h1-13H,14-16H2. The zero-order valence-corrected chi connectivity index (χ0v) is 17.0. The minimum absolute atomic E-state index is 0.0419. The lowest BCUT2D eigenvalue weighted by atomic mass is 10.1. The summed E-state index contributed by atoms with van der Waals surface area (Å²) in [6.45, 7) is -0.379. The van der Waals surface area contributed by atoms with Crippen LogP contribution >= 0.6 is 0 Å². The summed E-state index contributed by atoms with van der Waals surface area (Å²) in [5, 5.41) is 0. The predicted octanol–water partition coefficient (Wildman–Crippen LogP) is 3.38. The molecule has 7 heteroatoms. The molecule has 0 radical (unpaired) electrons. The van der Waals surface area contributed by atoms with Crippen molar-refractivity contribution >= 4 is 23.8 Å². The highest BCUT2D eigenvalue weighted by molar-refractivity contribution is 6.22. The van der Waals surface area contributed by atoms with Gasteiger partial charge in [0.25, 0.3) is 11.8 Å². The van der Waals surface area contributed by atoms with Gasteiger partial charge in [-0.3, -0.25) is 19.3 Å². The summed E-state index contributed by atoms with van der Waals surface area (Å²) in [5.74, 6) is -2.58. The Hall–Kier alpha value is -4.26. The van der Waals surface area contributed by atoms with E-state index in [0.717, 1.165) is 16.0 Å². The van der Waals surface area contributed by atoms with Crippen molar-refractivity contribution in [3.8, 4) is 0 Å². The number of amides is 2. The van der Waals surface area contributed by atoms with Crippen molar-refractivity contribution in [3.05, 3.63) is 107 Å². The molecule has 0 bridgehead atoms. The number of carbonyl (C=O) groups is 4. The second kappa shape index (κ2) is 9.26. The van der Waals surface area contributed by atoms with Gasteiger partial charge in [-0.15, -0.1) is 0 Å². The largest absolute Gasteiger partial charge is 0.459 e. The highest BCUT2D eigenvalue weighted by Crippen LogP contribution is 2.24. The van der Waals surface area contributed by atoms with E-state index in [1.54, 1.807) is 12.1 Å². The maximum atomic E-state index is 12.7. The third-order valence-electron chi connectivity index (χ3n) is 4.95. The number of imide groups is 1. The Morgan fingerprint density at radius 1 is 0.688 bits per heavy atom. The van der Waals surface area contributed by atoms with E-state index in [9.17, 15) is 19.2 Å². The first-order valence-corrected chi connectivity index (χ1v) is 9.94. The molecular weight excluding hydrogens is 410 g/mol. The summed E-state index contributed by atoms with van der Waals surface area (Å²) in [6.07, 6.45) is 0. The van der Waals surface area contributed by atoms with Crippen LogP contribution in [0.4, 0.5) is 0 Å². The lowest BCUT2D eigenvalue weighted by molar-refractivity contribution is -0.145. The topological polar surface area (TPSA) is 90.0 Å². The van der Waals surface area contributed by atoms with Gasteiger partial charge in [-0.05, 0) is 29.3 Å². The summed E-state index contributed by atoms with van der Waals surface area (Å²) in [4.78, 5) is 50.7. The van der Waals surface area contributed by atoms with Crippen LogP contribution in [0.5, 0.6) is 0 Å². The SMILES string of the molecule is O=C(CN1C(=O)c2ccc(C(=O)OCc3ccccc3)cc2C1=O)OCc1ccccc1. The molecule has 0 saturated carbocycles. The highest BCUT2D eigenvalue weighted by atomic mass is 16.5. The van der Waals surface area contributed by atoms with E-state index >= 15 is 0 Å². The Labute approximate surface area is 184 Å². The highest BCUT2D eigenvalue weighted by Gasteiger charge is 2.37. The van der Waals surface area contributed by atoms with Crippen molar-refractivity contribution in [1.82, 2.24) is 4.90 Å². The molecule has 0 saturated heterocycles. The molecule has 0 unspecified atom stereocenters. The van der Waals surface area contributed by atoms with Gasteiger partial charge in [0.05, 0.1) is 16.7 Å². The van der Waals surface area contributed by atoms with E-state index in [2.05, 4.69) is 0 Å². The van der Waals surface area contributed by atoms with Crippen molar-refractivity contribution < 1.29 is 28.7 Å². The maximum Gasteiger partial charge on any atom is 0.338 e. The number of hydrogen-bond donors (Lipinski definition) is 0. The number of rotatable bonds is 7. The molecule has 3 aromatic carbocycles. The number of benzene rings is 3. The predicted molar refractivity (Wildman–Crippen MR) is 114 cm³/mol. The van der Waals surface area contributed by atoms with Gasteiger partial charge in [-0.25, -0.2) is 4.79 Å². The fraction of sp³-hybridized carbons (Fsp3) is 0.120. The summed E-state index contributed by atoms with van der Waals surface area (Å²) in [5.41, 5.74) is 1.95. The first-order valence-electron chi connectivity index (χ1n) is 9.94. The van der Waals surface area contributed by atoms with E-state index in [1.165, 1.54) is 18.2 Å². The molecule has 0 fully saturated rings. The van der Waals surface area contributed by atoms with Gasteiger partial charge in [0.1, 0.15) is 19.8 Å². The van der Waals surface area contributed by atoms with E-state index in [0.29, 0.717) is 0 Å². The van der Waals surface area contributed by atoms with Crippen LogP contribution in [0.2, 0.25) is 0 Å². The molecule has 1 aliphatic heterocycles. The zero-order chi connectivity index (χ0) is 22.5. The molecule has 1 heterocycles. The first kappa shape index (κ1) is 21.0. The number of fused-ring (bicyclic) bond motifs is 1. The van der Waals surface area contributed by atoms with Crippen molar-refractivity contribution in [1.29, 1.82) is 0 Å². The fourth-order valence-corrected chi connectivity index (χ4v) is 3.28. The second-order valence-corrected chi connectivity index (χ2v) is 7.16.